The van der Waals surface area contributed by atoms with Gasteiger partial charge >= 0.3 is 0 Å². The standard InChI is InChI=1S/C16H19N5O/c1-20-8-6-18-16(20)15(22)13-3-2-7-21(11-13)14-5-4-12(9-17)10-19-14/h4-6,8,10,13,15,22H,2-3,7,11H2,1H3. The largest absolute Gasteiger partial charge is 0.385 e. The van der Waals surface area contributed by atoms with Crippen molar-refractivity contribution in [2.24, 2.45) is 13.0 Å². The van der Waals surface area contributed by atoms with Crippen LogP contribution in [-0.4, -0.2) is 32.7 Å². The lowest BCUT2D eigenvalue weighted by Crippen LogP contribution is -2.38. The average Bonchev–Trinajstić information content (AvgIpc) is 3.00. The first-order valence-corrected chi connectivity index (χ1v) is 7.45. The van der Waals surface area contributed by atoms with Crippen LogP contribution in [0.25, 0.3) is 0 Å². The fourth-order valence-corrected chi connectivity index (χ4v) is 2.99. The van der Waals surface area contributed by atoms with Crippen molar-refractivity contribution in [1.29, 1.82) is 5.26 Å². The Labute approximate surface area is 129 Å². The molecule has 0 bridgehead atoms. The van der Waals surface area contributed by atoms with Gasteiger partial charge in [0.15, 0.2) is 0 Å². The van der Waals surface area contributed by atoms with Crippen LogP contribution < -0.4 is 4.90 Å². The Morgan fingerprint density at radius 1 is 1.41 bits per heavy atom. The van der Waals surface area contributed by atoms with E-state index in [9.17, 15) is 5.11 Å². The van der Waals surface area contributed by atoms with Gasteiger partial charge in [0.1, 0.15) is 23.8 Å². The van der Waals surface area contributed by atoms with Crippen molar-refractivity contribution < 1.29 is 5.11 Å². The lowest BCUT2D eigenvalue weighted by molar-refractivity contribution is 0.0874. The van der Waals surface area contributed by atoms with E-state index in [1.165, 1.54) is 0 Å². The van der Waals surface area contributed by atoms with Crippen LogP contribution in [0.4, 0.5) is 5.82 Å². The van der Waals surface area contributed by atoms with E-state index >= 15 is 0 Å². The highest BCUT2D eigenvalue weighted by atomic mass is 16.3. The molecule has 2 atom stereocenters. The Morgan fingerprint density at radius 2 is 2.27 bits per heavy atom. The maximum absolute atomic E-state index is 10.6. The van der Waals surface area contributed by atoms with E-state index in [1.807, 2.05) is 23.9 Å². The normalized spacial score (nSPS) is 19.7. The molecule has 0 saturated carbocycles. The molecule has 6 nitrogen and oxygen atoms in total. The molecule has 2 aromatic heterocycles. The highest BCUT2D eigenvalue weighted by molar-refractivity contribution is 5.42. The second-order valence-electron chi connectivity index (χ2n) is 5.71. The summed E-state index contributed by atoms with van der Waals surface area (Å²) in [6.07, 6.45) is 6.56. The number of aryl methyl sites for hydroxylation is 1. The zero-order valence-electron chi connectivity index (χ0n) is 12.6. The number of aliphatic hydroxyl groups is 1. The van der Waals surface area contributed by atoms with Crippen molar-refractivity contribution in [3.8, 4) is 6.07 Å². The van der Waals surface area contributed by atoms with Crippen molar-refractivity contribution >= 4 is 5.82 Å². The summed E-state index contributed by atoms with van der Waals surface area (Å²) in [6.45, 7) is 1.66. The molecule has 3 heterocycles. The van der Waals surface area contributed by atoms with Gasteiger partial charge in [-0.05, 0) is 25.0 Å². The molecule has 22 heavy (non-hydrogen) atoms. The summed E-state index contributed by atoms with van der Waals surface area (Å²) >= 11 is 0. The van der Waals surface area contributed by atoms with Gasteiger partial charge in [0.25, 0.3) is 0 Å². The molecule has 2 unspecified atom stereocenters. The summed E-state index contributed by atoms with van der Waals surface area (Å²) in [5, 5.41) is 19.4. The van der Waals surface area contributed by atoms with Gasteiger partial charge in [-0.25, -0.2) is 9.97 Å². The van der Waals surface area contributed by atoms with Crippen LogP contribution in [0.5, 0.6) is 0 Å². The fourth-order valence-electron chi connectivity index (χ4n) is 2.99. The minimum Gasteiger partial charge on any atom is -0.385 e. The Bertz CT molecular complexity index is 673. The smallest absolute Gasteiger partial charge is 0.137 e. The highest BCUT2D eigenvalue weighted by Gasteiger charge is 2.29. The number of aliphatic hydroxyl groups excluding tert-OH is 1. The maximum atomic E-state index is 10.6. The molecule has 1 aliphatic rings. The summed E-state index contributed by atoms with van der Waals surface area (Å²) < 4.78 is 1.86. The topological polar surface area (TPSA) is 78.0 Å². The first-order valence-electron chi connectivity index (χ1n) is 7.45. The number of nitriles is 1. The number of piperidine rings is 1. The van der Waals surface area contributed by atoms with Gasteiger partial charge < -0.3 is 14.6 Å². The van der Waals surface area contributed by atoms with Crippen LogP contribution in [0.15, 0.2) is 30.7 Å². The highest BCUT2D eigenvalue weighted by Crippen LogP contribution is 2.30. The molecule has 1 saturated heterocycles. The number of nitrogens with zero attached hydrogens (tertiary/aromatic N) is 5. The van der Waals surface area contributed by atoms with E-state index < -0.39 is 6.10 Å². The van der Waals surface area contributed by atoms with Gasteiger partial charge in [0.2, 0.25) is 0 Å². The third-order valence-electron chi connectivity index (χ3n) is 4.23. The van der Waals surface area contributed by atoms with Gasteiger partial charge in [0, 0.05) is 44.6 Å². The molecule has 6 heteroatoms. The van der Waals surface area contributed by atoms with E-state index in [-0.39, 0.29) is 5.92 Å². The number of aromatic nitrogens is 3. The number of pyridine rings is 1. The number of rotatable bonds is 3. The monoisotopic (exact) mass is 297 g/mol. The molecule has 1 N–H and O–H groups in total. The molecule has 2 aromatic rings. The molecule has 114 valence electrons. The third kappa shape index (κ3) is 2.81. The van der Waals surface area contributed by atoms with Gasteiger partial charge in [-0.15, -0.1) is 0 Å². The first-order chi connectivity index (χ1) is 10.7. The zero-order chi connectivity index (χ0) is 15.5. The Balaban J connectivity index is 1.73. The Hall–Kier alpha value is -2.39. The van der Waals surface area contributed by atoms with E-state index in [1.54, 1.807) is 18.5 Å². The number of anilines is 1. The predicted molar refractivity (Wildman–Crippen MR) is 82.1 cm³/mol. The molecule has 0 aromatic carbocycles. The lowest BCUT2D eigenvalue weighted by Gasteiger charge is -2.35. The van der Waals surface area contributed by atoms with E-state index in [4.69, 9.17) is 5.26 Å². The summed E-state index contributed by atoms with van der Waals surface area (Å²) in [6, 6.07) is 5.72. The maximum Gasteiger partial charge on any atom is 0.137 e. The molecule has 1 aliphatic heterocycles. The molecule has 0 radical (unpaired) electrons. The van der Waals surface area contributed by atoms with Crippen LogP contribution in [0, 0.1) is 17.2 Å². The van der Waals surface area contributed by atoms with Crippen LogP contribution in [-0.2, 0) is 7.05 Å². The fraction of sp³-hybridized carbons (Fsp3) is 0.438. The van der Waals surface area contributed by atoms with E-state index in [2.05, 4.69) is 20.9 Å². The minimum atomic E-state index is -0.568. The SMILES string of the molecule is Cn1ccnc1C(O)C1CCCN(c2ccc(C#N)cn2)C1. The van der Waals surface area contributed by atoms with Crippen LogP contribution in [0.1, 0.15) is 30.3 Å². The molecule has 3 rings (SSSR count). The van der Waals surface area contributed by atoms with Crippen molar-refractivity contribution in [2.45, 2.75) is 18.9 Å². The Kier molecular flexibility index (Phi) is 4.07. The lowest BCUT2D eigenvalue weighted by atomic mass is 9.92. The molecule has 0 amide bonds. The van der Waals surface area contributed by atoms with Crippen molar-refractivity contribution in [1.82, 2.24) is 14.5 Å². The van der Waals surface area contributed by atoms with Crippen molar-refractivity contribution in [3.63, 3.8) is 0 Å². The summed E-state index contributed by atoms with van der Waals surface area (Å²) in [5.41, 5.74) is 0.561. The summed E-state index contributed by atoms with van der Waals surface area (Å²) in [4.78, 5) is 10.8. The van der Waals surface area contributed by atoms with Crippen LogP contribution in [0.2, 0.25) is 0 Å². The predicted octanol–water partition coefficient (Wildman–Crippen LogP) is 1.64. The first kappa shape index (κ1) is 14.5. The van der Waals surface area contributed by atoms with Gasteiger partial charge in [-0.2, -0.15) is 5.26 Å². The Morgan fingerprint density at radius 3 is 2.91 bits per heavy atom. The van der Waals surface area contributed by atoms with E-state index in [0.29, 0.717) is 11.4 Å². The zero-order valence-corrected chi connectivity index (χ0v) is 12.6. The average molecular weight is 297 g/mol. The van der Waals surface area contributed by atoms with Gasteiger partial charge in [-0.3, -0.25) is 0 Å². The molecular formula is C16H19N5O. The number of hydrogen-bond acceptors (Lipinski definition) is 5. The molecule has 0 aliphatic carbocycles. The van der Waals surface area contributed by atoms with Crippen LogP contribution in [0.3, 0.4) is 0 Å². The summed E-state index contributed by atoms with van der Waals surface area (Å²) in [5.74, 6) is 1.70. The number of imidazole rings is 1. The second kappa shape index (κ2) is 6.16. The molecule has 0 spiro atoms. The van der Waals surface area contributed by atoms with Crippen molar-refractivity contribution in [3.05, 3.63) is 42.1 Å². The van der Waals surface area contributed by atoms with Crippen LogP contribution >= 0.6 is 0 Å². The molecular weight excluding hydrogens is 278 g/mol. The minimum absolute atomic E-state index is 0.132. The van der Waals surface area contributed by atoms with E-state index in [0.717, 1.165) is 31.7 Å². The van der Waals surface area contributed by atoms with Crippen molar-refractivity contribution in [2.75, 3.05) is 18.0 Å². The second-order valence-corrected chi connectivity index (χ2v) is 5.71. The third-order valence-corrected chi connectivity index (χ3v) is 4.23. The number of hydrogen-bond donors (Lipinski definition) is 1. The van der Waals surface area contributed by atoms with Gasteiger partial charge in [0.05, 0.1) is 5.56 Å². The quantitative estimate of drug-likeness (QED) is 0.931. The van der Waals surface area contributed by atoms with Gasteiger partial charge in [-0.1, -0.05) is 0 Å². The summed E-state index contributed by atoms with van der Waals surface area (Å²) in [7, 11) is 1.90. The molecule has 1 fully saturated rings.